The van der Waals surface area contributed by atoms with Crippen LogP contribution in [0.15, 0.2) is 23.1 Å². The van der Waals surface area contributed by atoms with Crippen molar-refractivity contribution in [2.75, 3.05) is 46.3 Å². The molecule has 144 valence electrons. The molecule has 2 aliphatic heterocycles. The zero-order chi connectivity index (χ0) is 18.9. The fraction of sp³-hybridized carbons (Fsp3) is 0.632. The molecule has 0 aromatic heterocycles. The third-order valence-electron chi connectivity index (χ3n) is 5.48. The number of piperidine rings is 1. The number of aryl methyl sites for hydroxylation is 1. The lowest BCUT2D eigenvalue weighted by Gasteiger charge is -2.32. The molecule has 0 aliphatic carbocycles. The minimum absolute atomic E-state index is 0.0514. The van der Waals surface area contributed by atoms with Gasteiger partial charge in [-0.05, 0) is 50.4 Å². The number of sulfonamides is 1. The first-order valence-corrected chi connectivity index (χ1v) is 10.8. The van der Waals surface area contributed by atoms with Crippen LogP contribution < -0.4 is 0 Å². The van der Waals surface area contributed by atoms with Crippen molar-refractivity contribution in [3.05, 3.63) is 29.3 Å². The predicted octanol–water partition coefficient (Wildman–Crippen LogP) is 1.80. The third kappa shape index (κ3) is 3.94. The van der Waals surface area contributed by atoms with Crippen LogP contribution in [0.2, 0.25) is 0 Å². The Hall–Kier alpha value is -1.44. The molecule has 2 saturated heterocycles. The number of piperazine rings is 1. The number of likely N-dealkylation sites (tertiary alicyclic amines) is 1. The van der Waals surface area contributed by atoms with Gasteiger partial charge in [0, 0.05) is 44.8 Å². The molecule has 0 bridgehead atoms. The van der Waals surface area contributed by atoms with Crippen LogP contribution in [0.4, 0.5) is 0 Å². The highest BCUT2D eigenvalue weighted by Gasteiger charge is 2.29. The van der Waals surface area contributed by atoms with E-state index in [1.807, 2.05) is 18.9 Å². The van der Waals surface area contributed by atoms with Crippen molar-refractivity contribution < 1.29 is 13.2 Å². The maximum atomic E-state index is 13.0. The van der Waals surface area contributed by atoms with Crippen molar-refractivity contribution in [2.24, 2.45) is 5.92 Å². The molecule has 1 aromatic rings. The summed E-state index contributed by atoms with van der Waals surface area (Å²) in [4.78, 5) is 17.2. The summed E-state index contributed by atoms with van der Waals surface area (Å²) in [5, 5.41) is 0. The first kappa shape index (κ1) is 19.3. The monoisotopic (exact) mass is 379 g/mol. The molecule has 2 fully saturated rings. The molecule has 26 heavy (non-hydrogen) atoms. The number of hydrogen-bond donors (Lipinski definition) is 0. The van der Waals surface area contributed by atoms with Crippen LogP contribution in [0, 0.1) is 12.8 Å². The van der Waals surface area contributed by atoms with Crippen LogP contribution >= 0.6 is 0 Å². The van der Waals surface area contributed by atoms with E-state index in [0.29, 0.717) is 24.6 Å². The lowest BCUT2D eigenvalue weighted by molar-refractivity contribution is 0.0682. The van der Waals surface area contributed by atoms with Crippen molar-refractivity contribution in [1.82, 2.24) is 14.1 Å². The van der Waals surface area contributed by atoms with E-state index in [4.69, 9.17) is 0 Å². The average Bonchev–Trinajstić information content (AvgIpc) is 2.62. The molecule has 7 heteroatoms. The first-order chi connectivity index (χ1) is 12.3. The van der Waals surface area contributed by atoms with E-state index in [2.05, 4.69) is 11.8 Å². The normalized spacial score (nSPS) is 23.2. The fourth-order valence-electron chi connectivity index (χ4n) is 3.71. The summed E-state index contributed by atoms with van der Waals surface area (Å²) in [6.45, 7) is 7.93. The number of hydrogen-bond acceptors (Lipinski definition) is 4. The molecule has 2 aliphatic rings. The van der Waals surface area contributed by atoms with Crippen LogP contribution in [0.3, 0.4) is 0 Å². The summed E-state index contributed by atoms with van der Waals surface area (Å²) >= 11 is 0. The van der Waals surface area contributed by atoms with Crippen LogP contribution in [0.5, 0.6) is 0 Å². The van der Waals surface area contributed by atoms with Gasteiger partial charge in [0.2, 0.25) is 10.0 Å². The van der Waals surface area contributed by atoms with Crippen LogP contribution in [0.25, 0.3) is 0 Å². The highest BCUT2D eigenvalue weighted by Crippen LogP contribution is 2.24. The standard InChI is InChI=1S/C19H29N3O3S/c1-15-5-4-8-21(14-15)19(23)18-13-17(7-6-16(18)2)26(24,25)22-11-9-20(3)10-12-22/h6-7,13,15H,4-5,8-12,14H2,1-3H3. The summed E-state index contributed by atoms with van der Waals surface area (Å²) in [7, 11) is -1.57. The summed E-state index contributed by atoms with van der Waals surface area (Å²) < 4.78 is 27.5. The largest absolute Gasteiger partial charge is 0.338 e. The smallest absolute Gasteiger partial charge is 0.254 e. The van der Waals surface area contributed by atoms with Crippen molar-refractivity contribution in [1.29, 1.82) is 0 Å². The topological polar surface area (TPSA) is 60.9 Å². The van der Waals surface area contributed by atoms with Gasteiger partial charge in [0.1, 0.15) is 0 Å². The van der Waals surface area contributed by atoms with Gasteiger partial charge < -0.3 is 9.80 Å². The molecule has 1 unspecified atom stereocenters. The van der Waals surface area contributed by atoms with Crippen LogP contribution in [0.1, 0.15) is 35.7 Å². The minimum Gasteiger partial charge on any atom is -0.338 e. The zero-order valence-electron chi connectivity index (χ0n) is 15.9. The summed E-state index contributed by atoms with van der Waals surface area (Å²) in [6, 6.07) is 4.95. The third-order valence-corrected chi connectivity index (χ3v) is 7.38. The van der Waals surface area contributed by atoms with Gasteiger partial charge in [0.15, 0.2) is 0 Å². The van der Waals surface area contributed by atoms with E-state index in [-0.39, 0.29) is 10.8 Å². The molecule has 1 atom stereocenters. The van der Waals surface area contributed by atoms with E-state index >= 15 is 0 Å². The molecule has 0 spiro atoms. The number of benzene rings is 1. The Bertz CT molecular complexity index is 770. The maximum Gasteiger partial charge on any atom is 0.254 e. The lowest BCUT2D eigenvalue weighted by atomic mass is 9.99. The SMILES string of the molecule is Cc1ccc(S(=O)(=O)N2CCN(C)CC2)cc1C(=O)N1CCCC(C)C1. The van der Waals surface area contributed by atoms with Crippen molar-refractivity contribution in [3.63, 3.8) is 0 Å². The van der Waals surface area contributed by atoms with E-state index < -0.39 is 10.0 Å². The van der Waals surface area contributed by atoms with E-state index in [0.717, 1.165) is 44.6 Å². The molecule has 0 saturated carbocycles. The molecule has 1 amide bonds. The number of likely N-dealkylation sites (N-methyl/N-ethyl adjacent to an activating group) is 1. The van der Waals surface area contributed by atoms with Crippen molar-refractivity contribution in [3.8, 4) is 0 Å². The maximum absolute atomic E-state index is 13.0. The Morgan fingerprint density at radius 1 is 1.12 bits per heavy atom. The molecule has 0 N–H and O–H groups in total. The highest BCUT2D eigenvalue weighted by molar-refractivity contribution is 7.89. The molecular formula is C19H29N3O3S. The van der Waals surface area contributed by atoms with E-state index in [1.54, 1.807) is 18.2 Å². The Morgan fingerprint density at radius 3 is 2.46 bits per heavy atom. The van der Waals surface area contributed by atoms with E-state index in [9.17, 15) is 13.2 Å². The second-order valence-electron chi connectivity index (χ2n) is 7.68. The predicted molar refractivity (Wildman–Crippen MR) is 102 cm³/mol. The van der Waals surface area contributed by atoms with Crippen LogP contribution in [-0.2, 0) is 10.0 Å². The number of nitrogens with zero attached hydrogens (tertiary/aromatic N) is 3. The average molecular weight is 380 g/mol. The number of amides is 1. The second-order valence-corrected chi connectivity index (χ2v) is 9.62. The Labute approximate surface area is 156 Å². The summed E-state index contributed by atoms with van der Waals surface area (Å²) in [5.41, 5.74) is 1.33. The number of carbonyl (C=O) groups excluding carboxylic acids is 1. The van der Waals surface area contributed by atoms with E-state index in [1.165, 1.54) is 4.31 Å². The first-order valence-electron chi connectivity index (χ1n) is 9.37. The number of carbonyl (C=O) groups is 1. The Kier molecular flexibility index (Phi) is 5.69. The van der Waals surface area contributed by atoms with Gasteiger partial charge in [-0.2, -0.15) is 4.31 Å². The van der Waals surface area contributed by atoms with Gasteiger partial charge in [-0.3, -0.25) is 4.79 Å². The van der Waals surface area contributed by atoms with Gasteiger partial charge >= 0.3 is 0 Å². The molecule has 3 rings (SSSR count). The molecule has 0 radical (unpaired) electrons. The fourth-order valence-corrected chi connectivity index (χ4v) is 5.16. The summed E-state index contributed by atoms with van der Waals surface area (Å²) in [6.07, 6.45) is 2.14. The molecule has 2 heterocycles. The molecule has 1 aromatic carbocycles. The van der Waals surface area contributed by atoms with Gasteiger partial charge in [0.25, 0.3) is 5.91 Å². The highest BCUT2D eigenvalue weighted by atomic mass is 32.2. The second kappa shape index (κ2) is 7.66. The zero-order valence-corrected chi connectivity index (χ0v) is 16.8. The van der Waals surface area contributed by atoms with Gasteiger partial charge in [-0.25, -0.2) is 8.42 Å². The quantitative estimate of drug-likeness (QED) is 0.804. The Balaban J connectivity index is 1.86. The van der Waals surface area contributed by atoms with Crippen molar-refractivity contribution in [2.45, 2.75) is 31.6 Å². The van der Waals surface area contributed by atoms with Gasteiger partial charge in [-0.15, -0.1) is 0 Å². The molecular weight excluding hydrogens is 350 g/mol. The van der Waals surface area contributed by atoms with Gasteiger partial charge in [-0.1, -0.05) is 13.0 Å². The number of rotatable bonds is 3. The minimum atomic E-state index is -3.56. The van der Waals surface area contributed by atoms with Gasteiger partial charge in [0.05, 0.1) is 4.90 Å². The molecule has 6 nitrogen and oxygen atoms in total. The lowest BCUT2D eigenvalue weighted by Crippen LogP contribution is -2.47. The Morgan fingerprint density at radius 2 is 1.81 bits per heavy atom. The van der Waals surface area contributed by atoms with Crippen molar-refractivity contribution >= 4 is 15.9 Å². The summed E-state index contributed by atoms with van der Waals surface area (Å²) in [5.74, 6) is 0.440. The van der Waals surface area contributed by atoms with Crippen LogP contribution in [-0.4, -0.2) is 74.7 Å².